The van der Waals surface area contributed by atoms with E-state index < -0.39 is 12.6 Å². The molecule has 4 aromatic carbocycles. The summed E-state index contributed by atoms with van der Waals surface area (Å²) in [5.74, 6) is 1.20. The number of ether oxygens (including phenoxy) is 5. The van der Waals surface area contributed by atoms with Crippen LogP contribution in [0.4, 0.5) is 0 Å². The summed E-state index contributed by atoms with van der Waals surface area (Å²) in [5.41, 5.74) is 7.03. The average Bonchev–Trinajstić information content (AvgIpc) is 3.01. The highest BCUT2D eigenvalue weighted by Crippen LogP contribution is 2.38. The lowest BCUT2D eigenvalue weighted by molar-refractivity contribution is -0.139. The van der Waals surface area contributed by atoms with Gasteiger partial charge in [-0.2, -0.15) is 0 Å². The number of phenols is 1. The lowest BCUT2D eigenvalue weighted by Gasteiger charge is -2.21. The SMILES string of the molecule is O=C(O)COc1c2cccc1Cc1cccc3c1OCCOCCOCCOc1c(cccc1C3)Cc1cccc(c1O)C2. The van der Waals surface area contributed by atoms with Gasteiger partial charge in [-0.15, -0.1) is 0 Å². The van der Waals surface area contributed by atoms with Crippen LogP contribution in [0.2, 0.25) is 0 Å². The predicted octanol–water partition coefficient (Wildman–Crippen LogP) is 5.34. The summed E-state index contributed by atoms with van der Waals surface area (Å²) in [7, 11) is 0. The largest absolute Gasteiger partial charge is 0.507 e. The van der Waals surface area contributed by atoms with Gasteiger partial charge in [-0.25, -0.2) is 4.79 Å². The molecule has 0 amide bonds. The topological polar surface area (TPSA) is 104 Å². The number of rotatable bonds is 3. The molecule has 0 saturated carbocycles. The summed E-state index contributed by atoms with van der Waals surface area (Å²) < 4.78 is 30.3. The summed E-state index contributed by atoms with van der Waals surface area (Å²) in [6.07, 6.45) is 1.84. The molecule has 0 unspecified atom stereocenters. The Morgan fingerprint density at radius 1 is 0.568 bits per heavy atom. The fourth-order valence-electron chi connectivity index (χ4n) is 5.92. The monoisotopic (exact) mass is 596 g/mol. The third-order valence-corrected chi connectivity index (χ3v) is 7.92. The van der Waals surface area contributed by atoms with Crippen molar-refractivity contribution in [3.05, 3.63) is 117 Å². The highest BCUT2D eigenvalue weighted by molar-refractivity contribution is 5.69. The maximum Gasteiger partial charge on any atom is 0.341 e. The minimum absolute atomic E-state index is 0.202. The normalized spacial score (nSPS) is 15.4. The first kappa shape index (κ1) is 29.5. The van der Waals surface area contributed by atoms with Crippen LogP contribution in [-0.2, 0) is 40.0 Å². The van der Waals surface area contributed by atoms with Crippen molar-refractivity contribution in [3.8, 4) is 23.0 Å². The molecule has 0 aromatic heterocycles. The van der Waals surface area contributed by atoms with E-state index in [0.717, 1.165) is 56.0 Å². The fourth-order valence-corrected chi connectivity index (χ4v) is 5.92. The molecule has 10 bridgehead atoms. The van der Waals surface area contributed by atoms with Crippen LogP contribution in [0.5, 0.6) is 23.0 Å². The lowest BCUT2D eigenvalue weighted by Crippen LogP contribution is -2.14. The number of carboxylic acids is 1. The number of hydrogen-bond acceptors (Lipinski definition) is 7. The standard InChI is InChI=1S/C36H36O8/c37-32(38)23-44-36-27-8-3-12-31(36)22-30-11-4-10-29-21-28-9-2-7-26(19-24-5-1-6-25(20-27)33(24)39)34(28)42-17-15-40-13-14-41-16-18-43-35(29)30/h1-12,39H,13-23H2,(H,37,38). The molecule has 8 heteroatoms. The van der Waals surface area contributed by atoms with E-state index in [1.54, 1.807) is 0 Å². The second kappa shape index (κ2) is 13.8. The van der Waals surface area contributed by atoms with Crippen molar-refractivity contribution in [3.63, 3.8) is 0 Å². The summed E-state index contributed by atoms with van der Waals surface area (Å²) in [4.78, 5) is 11.6. The van der Waals surface area contributed by atoms with E-state index in [0.29, 0.717) is 71.1 Å². The molecule has 44 heavy (non-hydrogen) atoms. The van der Waals surface area contributed by atoms with Crippen LogP contribution >= 0.6 is 0 Å². The highest BCUT2D eigenvalue weighted by atomic mass is 16.6. The van der Waals surface area contributed by atoms with Gasteiger partial charge < -0.3 is 33.9 Å². The van der Waals surface area contributed by atoms with Crippen molar-refractivity contribution in [1.82, 2.24) is 0 Å². The summed E-state index contributed by atoms with van der Waals surface area (Å²) in [5, 5.41) is 20.9. The Morgan fingerprint density at radius 3 is 1.41 bits per heavy atom. The maximum absolute atomic E-state index is 11.6. The molecule has 1 aliphatic heterocycles. The molecule has 0 spiro atoms. The zero-order chi connectivity index (χ0) is 30.3. The number of aromatic hydroxyl groups is 1. The van der Waals surface area contributed by atoms with Gasteiger partial charge in [0.1, 0.15) is 36.2 Å². The number of phenolic OH excluding ortho intramolecular Hbond substituents is 1. The quantitative estimate of drug-likeness (QED) is 0.288. The third kappa shape index (κ3) is 6.82. The zero-order valence-corrected chi connectivity index (χ0v) is 24.6. The molecule has 0 radical (unpaired) electrons. The van der Waals surface area contributed by atoms with Gasteiger partial charge in [-0.1, -0.05) is 72.8 Å². The van der Waals surface area contributed by atoms with Crippen LogP contribution in [-0.4, -0.2) is 62.4 Å². The number of fused-ring (bicyclic) bond motifs is 4. The summed E-state index contributed by atoms with van der Waals surface area (Å²) >= 11 is 0. The molecule has 2 N–H and O–H groups in total. The highest BCUT2D eigenvalue weighted by Gasteiger charge is 2.21. The zero-order valence-electron chi connectivity index (χ0n) is 24.6. The summed E-state index contributed by atoms with van der Waals surface area (Å²) in [6, 6.07) is 23.8. The second-order valence-corrected chi connectivity index (χ2v) is 11.0. The minimum atomic E-state index is -1.06. The van der Waals surface area contributed by atoms with Gasteiger partial charge in [-0.3, -0.25) is 0 Å². The maximum atomic E-state index is 11.6. The number of para-hydroxylation sites is 4. The molecule has 0 fully saturated rings. The van der Waals surface area contributed by atoms with Crippen LogP contribution in [0.25, 0.3) is 0 Å². The first-order valence-corrected chi connectivity index (χ1v) is 14.9. The molecular formula is C36H36O8. The molecule has 0 atom stereocenters. The molecule has 2 aliphatic rings. The van der Waals surface area contributed by atoms with E-state index in [2.05, 4.69) is 12.1 Å². The third-order valence-electron chi connectivity index (χ3n) is 7.92. The summed E-state index contributed by atoms with van der Waals surface area (Å²) in [6.45, 7) is 2.02. The molecule has 1 aliphatic carbocycles. The van der Waals surface area contributed by atoms with E-state index >= 15 is 0 Å². The van der Waals surface area contributed by atoms with Gasteiger partial charge in [-0.05, 0) is 44.5 Å². The van der Waals surface area contributed by atoms with Crippen LogP contribution < -0.4 is 14.2 Å². The van der Waals surface area contributed by atoms with E-state index in [1.165, 1.54) is 0 Å². The Hall–Kier alpha value is -4.53. The van der Waals surface area contributed by atoms with Gasteiger partial charge in [0.15, 0.2) is 6.61 Å². The van der Waals surface area contributed by atoms with E-state index in [4.69, 9.17) is 23.7 Å². The van der Waals surface area contributed by atoms with Gasteiger partial charge in [0, 0.05) is 25.7 Å². The Kier molecular flexibility index (Phi) is 9.29. The first-order chi connectivity index (χ1) is 21.6. The molecular weight excluding hydrogens is 560 g/mol. The number of aliphatic carboxylic acids is 1. The van der Waals surface area contributed by atoms with Crippen LogP contribution in [0.3, 0.4) is 0 Å². The number of benzene rings is 4. The van der Waals surface area contributed by atoms with Crippen molar-refractivity contribution < 1.29 is 38.7 Å². The van der Waals surface area contributed by atoms with Gasteiger partial charge >= 0.3 is 5.97 Å². The second-order valence-electron chi connectivity index (χ2n) is 11.0. The Balaban J connectivity index is 1.54. The predicted molar refractivity (Wildman–Crippen MR) is 164 cm³/mol. The Morgan fingerprint density at radius 2 is 0.932 bits per heavy atom. The van der Waals surface area contributed by atoms with E-state index in [-0.39, 0.29) is 5.75 Å². The van der Waals surface area contributed by atoms with Crippen molar-refractivity contribution in [1.29, 1.82) is 0 Å². The van der Waals surface area contributed by atoms with Crippen LogP contribution in [0, 0.1) is 0 Å². The number of carboxylic acid groups (broad SMARTS) is 1. The van der Waals surface area contributed by atoms with Gasteiger partial charge in [0.05, 0.1) is 26.4 Å². The fraction of sp³-hybridized carbons (Fsp3) is 0.306. The van der Waals surface area contributed by atoms with Crippen molar-refractivity contribution >= 4 is 5.97 Å². The molecule has 228 valence electrons. The van der Waals surface area contributed by atoms with Crippen molar-refractivity contribution in [2.75, 3.05) is 46.2 Å². The number of hydrogen-bond donors (Lipinski definition) is 2. The van der Waals surface area contributed by atoms with Crippen LogP contribution in [0.15, 0.2) is 72.8 Å². The van der Waals surface area contributed by atoms with Crippen molar-refractivity contribution in [2.24, 2.45) is 0 Å². The lowest BCUT2D eigenvalue weighted by atomic mass is 9.91. The molecule has 4 aromatic rings. The van der Waals surface area contributed by atoms with Crippen molar-refractivity contribution in [2.45, 2.75) is 25.7 Å². The van der Waals surface area contributed by atoms with E-state index in [1.807, 2.05) is 60.7 Å². The Bertz CT molecular complexity index is 1630. The number of carbonyl (C=O) groups is 1. The average molecular weight is 597 g/mol. The molecule has 1 heterocycles. The molecule has 8 nitrogen and oxygen atoms in total. The minimum Gasteiger partial charge on any atom is -0.507 e. The van der Waals surface area contributed by atoms with Crippen LogP contribution in [0.1, 0.15) is 44.5 Å². The Labute approximate surface area is 256 Å². The van der Waals surface area contributed by atoms with Gasteiger partial charge in [0.2, 0.25) is 0 Å². The first-order valence-electron chi connectivity index (χ1n) is 14.9. The van der Waals surface area contributed by atoms with Gasteiger partial charge in [0.25, 0.3) is 0 Å². The molecule has 6 rings (SSSR count). The van der Waals surface area contributed by atoms with E-state index in [9.17, 15) is 15.0 Å². The smallest absolute Gasteiger partial charge is 0.341 e. The molecule has 0 saturated heterocycles.